The van der Waals surface area contributed by atoms with Crippen molar-refractivity contribution in [2.75, 3.05) is 0 Å². The molecule has 0 aromatic carbocycles. The Hall–Kier alpha value is 0.177. The molecule has 0 unspecified atom stereocenters. The molecule has 1 fully saturated rings. The van der Waals surface area contributed by atoms with Gasteiger partial charge in [0.15, 0.2) is 9.76 Å². The summed E-state index contributed by atoms with van der Waals surface area (Å²) in [6, 6.07) is 0. The molecule has 0 saturated heterocycles. The van der Waals surface area contributed by atoms with E-state index in [1.54, 1.807) is 0 Å². The van der Waals surface area contributed by atoms with Crippen LogP contribution in [0.2, 0.25) is 5.54 Å². The van der Waals surface area contributed by atoms with E-state index in [0.29, 0.717) is 0 Å². The van der Waals surface area contributed by atoms with Crippen LogP contribution in [-0.4, -0.2) is 14.6 Å². The van der Waals surface area contributed by atoms with E-state index >= 15 is 0 Å². The minimum Gasteiger partial charge on any atom is -0.438 e. The van der Waals surface area contributed by atoms with Crippen molar-refractivity contribution in [3.8, 4) is 0 Å². The van der Waals surface area contributed by atoms with Gasteiger partial charge in [-0.2, -0.15) is 0 Å². The molecule has 1 nitrogen and oxygen atoms in total. The van der Waals surface area contributed by atoms with E-state index in [4.69, 9.17) is 4.80 Å². The number of hydrogen-bond acceptors (Lipinski definition) is 1. The van der Waals surface area contributed by atoms with Crippen molar-refractivity contribution in [3.63, 3.8) is 0 Å². The van der Waals surface area contributed by atoms with Gasteiger partial charge in [0.1, 0.15) is 0 Å². The molecule has 0 radical (unpaired) electrons. The average molecular weight is 88.2 g/mol. The predicted octanol–water partition coefficient (Wildman–Crippen LogP) is -0.355. The van der Waals surface area contributed by atoms with Crippen molar-refractivity contribution >= 4 is 9.76 Å². The summed E-state index contributed by atoms with van der Waals surface area (Å²) in [5, 5.41) is 0. The van der Waals surface area contributed by atoms with Crippen molar-refractivity contribution in [1.29, 1.82) is 0 Å². The molecule has 0 aromatic rings. The third-order valence-electron chi connectivity index (χ3n) is 0.955. The highest BCUT2D eigenvalue weighted by Gasteiger charge is 2.19. The first-order valence-corrected chi connectivity index (χ1v) is 3.49. The molecule has 0 aromatic heterocycles. The molecule has 1 rings (SSSR count). The Morgan fingerprint density at radius 3 is 2.20 bits per heavy atom. The molecule has 1 N–H and O–H groups in total. The summed E-state index contributed by atoms with van der Waals surface area (Å²) < 4.78 is 0. The Kier molecular flexibility index (Phi) is 0.745. The lowest BCUT2D eigenvalue weighted by molar-refractivity contribution is 0.599. The zero-order valence-electron chi connectivity index (χ0n) is 3.15. The highest BCUT2D eigenvalue weighted by atomic mass is 28.2. The van der Waals surface area contributed by atoms with Crippen molar-refractivity contribution in [1.82, 2.24) is 0 Å². The summed E-state index contributed by atoms with van der Waals surface area (Å²) in [6.45, 7) is 0. The Labute approximate surface area is 34.0 Å². The van der Waals surface area contributed by atoms with E-state index in [9.17, 15) is 0 Å². The molecule has 30 valence electrons. The van der Waals surface area contributed by atoms with Crippen LogP contribution in [0, 0.1) is 0 Å². The molecular weight excluding hydrogens is 80.1 g/mol. The quantitative estimate of drug-likeness (QED) is 0.434. The predicted molar refractivity (Wildman–Crippen MR) is 23.7 cm³/mol. The minimum absolute atomic E-state index is 0.540. The molecule has 0 aliphatic heterocycles. The third-order valence-corrected chi connectivity index (χ3v) is 2.29. The number of hydrogen-bond donors (Lipinski definition) is 1. The van der Waals surface area contributed by atoms with Gasteiger partial charge in [-0.25, -0.2) is 0 Å². The van der Waals surface area contributed by atoms with Crippen LogP contribution in [0.15, 0.2) is 0 Å². The van der Waals surface area contributed by atoms with Crippen LogP contribution in [0.1, 0.15) is 12.8 Å². The molecule has 1 aliphatic carbocycles. The van der Waals surface area contributed by atoms with Gasteiger partial charge < -0.3 is 4.80 Å². The SMILES string of the molecule is O[SiH2]C1CC1. The Morgan fingerprint density at radius 2 is 2.20 bits per heavy atom. The molecule has 5 heavy (non-hydrogen) atoms. The van der Waals surface area contributed by atoms with Gasteiger partial charge in [0, 0.05) is 0 Å². The summed E-state index contributed by atoms with van der Waals surface area (Å²) in [5.74, 6) is 0. The van der Waals surface area contributed by atoms with E-state index < -0.39 is 9.76 Å². The van der Waals surface area contributed by atoms with Gasteiger partial charge in [0.25, 0.3) is 0 Å². The summed E-state index contributed by atoms with van der Waals surface area (Å²) in [6.07, 6.45) is 2.64. The second-order valence-corrected chi connectivity index (χ2v) is 3.15. The lowest BCUT2D eigenvalue weighted by atomic mass is 11.0. The first kappa shape index (κ1) is 3.37. The minimum atomic E-state index is -0.540. The highest BCUT2D eigenvalue weighted by Crippen LogP contribution is 2.33. The third kappa shape index (κ3) is 0.739. The Bertz CT molecular complexity index is 33.9. The maximum absolute atomic E-state index is 8.34. The van der Waals surface area contributed by atoms with E-state index in [2.05, 4.69) is 0 Å². The molecule has 0 bridgehead atoms. The highest BCUT2D eigenvalue weighted by molar-refractivity contribution is 6.29. The van der Waals surface area contributed by atoms with Gasteiger partial charge >= 0.3 is 0 Å². The van der Waals surface area contributed by atoms with Gasteiger partial charge in [-0.15, -0.1) is 0 Å². The monoisotopic (exact) mass is 88.0 g/mol. The van der Waals surface area contributed by atoms with Crippen molar-refractivity contribution < 1.29 is 4.80 Å². The van der Waals surface area contributed by atoms with E-state index in [-0.39, 0.29) is 0 Å². The van der Waals surface area contributed by atoms with Gasteiger partial charge in [-0.1, -0.05) is 12.8 Å². The zero-order chi connectivity index (χ0) is 3.70. The van der Waals surface area contributed by atoms with Crippen LogP contribution >= 0.6 is 0 Å². The molecule has 0 atom stereocenters. The molecule has 1 saturated carbocycles. The fourth-order valence-electron chi connectivity index (χ4n) is 0.300. The Morgan fingerprint density at radius 1 is 1.60 bits per heavy atom. The van der Waals surface area contributed by atoms with Crippen LogP contribution < -0.4 is 0 Å². The summed E-state index contributed by atoms with van der Waals surface area (Å²) in [4.78, 5) is 8.34. The van der Waals surface area contributed by atoms with Gasteiger partial charge in [-0.05, 0) is 5.54 Å². The van der Waals surface area contributed by atoms with Gasteiger partial charge in [0.05, 0.1) is 0 Å². The smallest absolute Gasteiger partial charge is 0.159 e. The summed E-state index contributed by atoms with van der Waals surface area (Å²) >= 11 is 0. The van der Waals surface area contributed by atoms with Gasteiger partial charge in [0.2, 0.25) is 0 Å². The molecule has 0 heterocycles. The van der Waals surface area contributed by atoms with Crippen LogP contribution in [0.3, 0.4) is 0 Å². The summed E-state index contributed by atoms with van der Waals surface area (Å²) in [7, 11) is -0.540. The lowest BCUT2D eigenvalue weighted by Gasteiger charge is -1.71. The second kappa shape index (κ2) is 1.10. The van der Waals surface area contributed by atoms with Crippen LogP contribution in [-0.2, 0) is 0 Å². The summed E-state index contributed by atoms with van der Waals surface area (Å²) in [5.41, 5.74) is 0.829. The van der Waals surface area contributed by atoms with E-state index in [1.807, 2.05) is 0 Å². The topological polar surface area (TPSA) is 20.2 Å². The molecule has 1 aliphatic rings. The molecule has 0 amide bonds. The van der Waals surface area contributed by atoms with Crippen molar-refractivity contribution in [3.05, 3.63) is 0 Å². The molecule has 2 heteroatoms. The first-order chi connectivity index (χ1) is 2.43. The fourth-order valence-corrected chi connectivity index (χ4v) is 0.901. The maximum atomic E-state index is 8.34. The lowest BCUT2D eigenvalue weighted by Crippen LogP contribution is -1.80. The average Bonchev–Trinajstić information content (AvgIpc) is 2.12. The largest absolute Gasteiger partial charge is 0.438 e. The van der Waals surface area contributed by atoms with Crippen molar-refractivity contribution in [2.45, 2.75) is 18.4 Å². The fraction of sp³-hybridized carbons (Fsp3) is 1.00. The van der Waals surface area contributed by atoms with Crippen LogP contribution in [0.25, 0.3) is 0 Å². The van der Waals surface area contributed by atoms with Crippen LogP contribution in [0.4, 0.5) is 0 Å². The van der Waals surface area contributed by atoms with Crippen LogP contribution in [0.5, 0.6) is 0 Å². The van der Waals surface area contributed by atoms with E-state index in [0.717, 1.165) is 5.54 Å². The molecular formula is C3H8OSi. The van der Waals surface area contributed by atoms with Gasteiger partial charge in [-0.3, -0.25) is 0 Å². The second-order valence-electron chi connectivity index (χ2n) is 1.63. The maximum Gasteiger partial charge on any atom is 0.159 e. The first-order valence-electron chi connectivity index (χ1n) is 2.04. The van der Waals surface area contributed by atoms with E-state index in [1.165, 1.54) is 12.8 Å². The number of rotatable bonds is 1. The standard InChI is InChI=1S/C3H8OSi/c4-5-3-1-2-3/h3-4H,1-2,5H2. The molecule has 0 spiro atoms. The Balaban J connectivity index is 2.00. The zero-order valence-corrected chi connectivity index (χ0v) is 4.56. The normalized spacial score (nSPS) is 25.8. The van der Waals surface area contributed by atoms with Crippen molar-refractivity contribution in [2.24, 2.45) is 0 Å².